The first kappa shape index (κ1) is 10.7. The summed E-state index contributed by atoms with van der Waals surface area (Å²) in [7, 11) is 0. The summed E-state index contributed by atoms with van der Waals surface area (Å²) in [6, 6.07) is 0. The predicted molar refractivity (Wildman–Crippen MR) is 58.0 cm³/mol. The standard InChI is InChI=1S/C11H22N2/c1-4-7-12-8-10-13-9-5-6-11(13,2)3/h4,12H,1,5-10H2,2-3H3. The summed E-state index contributed by atoms with van der Waals surface area (Å²) in [5, 5.41) is 3.34. The van der Waals surface area contributed by atoms with Crippen molar-refractivity contribution in [2.75, 3.05) is 26.2 Å². The van der Waals surface area contributed by atoms with Crippen molar-refractivity contribution >= 4 is 0 Å². The zero-order valence-electron chi connectivity index (χ0n) is 8.97. The minimum Gasteiger partial charge on any atom is -0.312 e. The van der Waals surface area contributed by atoms with Gasteiger partial charge in [0.1, 0.15) is 0 Å². The quantitative estimate of drug-likeness (QED) is 0.513. The van der Waals surface area contributed by atoms with Gasteiger partial charge >= 0.3 is 0 Å². The molecule has 2 nitrogen and oxygen atoms in total. The third kappa shape index (κ3) is 3.12. The van der Waals surface area contributed by atoms with Gasteiger partial charge in [-0.25, -0.2) is 0 Å². The van der Waals surface area contributed by atoms with Crippen LogP contribution in [0.5, 0.6) is 0 Å². The summed E-state index contributed by atoms with van der Waals surface area (Å²) >= 11 is 0. The molecule has 2 heteroatoms. The summed E-state index contributed by atoms with van der Waals surface area (Å²) in [5.74, 6) is 0. The first-order chi connectivity index (χ1) is 6.17. The Morgan fingerprint density at radius 3 is 2.85 bits per heavy atom. The van der Waals surface area contributed by atoms with E-state index < -0.39 is 0 Å². The lowest BCUT2D eigenvalue weighted by molar-refractivity contribution is 0.176. The number of nitrogens with zero attached hydrogens (tertiary/aromatic N) is 1. The molecule has 1 aliphatic heterocycles. The van der Waals surface area contributed by atoms with Gasteiger partial charge in [0.25, 0.3) is 0 Å². The van der Waals surface area contributed by atoms with Crippen molar-refractivity contribution in [2.24, 2.45) is 0 Å². The van der Waals surface area contributed by atoms with E-state index in [1.54, 1.807) is 0 Å². The van der Waals surface area contributed by atoms with E-state index in [2.05, 4.69) is 30.6 Å². The second-order valence-electron chi connectivity index (χ2n) is 4.40. The minimum absolute atomic E-state index is 0.426. The molecule has 0 saturated carbocycles. The fraction of sp³-hybridized carbons (Fsp3) is 0.818. The maximum Gasteiger partial charge on any atom is 0.0154 e. The lowest BCUT2D eigenvalue weighted by Gasteiger charge is -2.31. The molecule has 0 amide bonds. The first-order valence-corrected chi connectivity index (χ1v) is 5.23. The second kappa shape index (κ2) is 4.77. The van der Waals surface area contributed by atoms with Gasteiger partial charge < -0.3 is 5.32 Å². The van der Waals surface area contributed by atoms with Crippen molar-refractivity contribution in [1.82, 2.24) is 10.2 Å². The smallest absolute Gasteiger partial charge is 0.0154 e. The zero-order chi connectivity index (χ0) is 9.73. The maximum absolute atomic E-state index is 3.68. The molecule has 0 unspecified atom stereocenters. The highest BCUT2D eigenvalue weighted by molar-refractivity contribution is 4.87. The normalized spacial score (nSPS) is 22.0. The van der Waals surface area contributed by atoms with Crippen LogP contribution < -0.4 is 5.32 Å². The SMILES string of the molecule is C=CCNCCN1CCCC1(C)C. The van der Waals surface area contributed by atoms with Gasteiger partial charge in [-0.2, -0.15) is 0 Å². The zero-order valence-corrected chi connectivity index (χ0v) is 8.97. The first-order valence-electron chi connectivity index (χ1n) is 5.23. The summed E-state index contributed by atoms with van der Waals surface area (Å²) in [6.07, 6.45) is 4.61. The molecular formula is C11H22N2. The Balaban J connectivity index is 2.17. The Bertz CT molecular complexity index is 163. The molecule has 1 saturated heterocycles. The average molecular weight is 182 g/mol. The van der Waals surface area contributed by atoms with E-state index in [4.69, 9.17) is 0 Å². The van der Waals surface area contributed by atoms with Crippen LogP contribution in [0.25, 0.3) is 0 Å². The highest BCUT2D eigenvalue weighted by Crippen LogP contribution is 2.27. The molecule has 1 aliphatic rings. The van der Waals surface area contributed by atoms with Gasteiger partial charge in [0.15, 0.2) is 0 Å². The topological polar surface area (TPSA) is 15.3 Å². The highest BCUT2D eigenvalue weighted by atomic mass is 15.2. The van der Waals surface area contributed by atoms with Crippen molar-refractivity contribution in [3.05, 3.63) is 12.7 Å². The lowest BCUT2D eigenvalue weighted by atomic mass is 10.0. The van der Waals surface area contributed by atoms with Crippen LogP contribution in [-0.4, -0.2) is 36.6 Å². The van der Waals surface area contributed by atoms with Crippen LogP contribution in [0.4, 0.5) is 0 Å². The van der Waals surface area contributed by atoms with Crippen LogP contribution in [0.1, 0.15) is 26.7 Å². The van der Waals surface area contributed by atoms with Gasteiger partial charge in [0.2, 0.25) is 0 Å². The summed E-state index contributed by atoms with van der Waals surface area (Å²) in [5.41, 5.74) is 0.426. The molecule has 0 radical (unpaired) electrons. The molecule has 0 spiro atoms. The fourth-order valence-corrected chi connectivity index (χ4v) is 2.00. The van der Waals surface area contributed by atoms with E-state index in [9.17, 15) is 0 Å². The molecule has 0 aromatic carbocycles. The van der Waals surface area contributed by atoms with Gasteiger partial charge in [-0.05, 0) is 33.2 Å². The predicted octanol–water partition coefficient (Wildman–Crippen LogP) is 1.64. The van der Waals surface area contributed by atoms with Crippen LogP contribution in [0, 0.1) is 0 Å². The van der Waals surface area contributed by atoms with E-state index in [-0.39, 0.29) is 0 Å². The molecule has 0 bridgehead atoms. The number of hydrogen-bond acceptors (Lipinski definition) is 2. The van der Waals surface area contributed by atoms with Gasteiger partial charge in [-0.1, -0.05) is 6.08 Å². The van der Waals surface area contributed by atoms with Gasteiger partial charge in [-0.15, -0.1) is 6.58 Å². The highest BCUT2D eigenvalue weighted by Gasteiger charge is 2.30. The van der Waals surface area contributed by atoms with Gasteiger partial charge in [0.05, 0.1) is 0 Å². The van der Waals surface area contributed by atoms with Crippen molar-refractivity contribution in [3.8, 4) is 0 Å². The molecule has 76 valence electrons. The minimum atomic E-state index is 0.426. The van der Waals surface area contributed by atoms with Crippen molar-refractivity contribution < 1.29 is 0 Å². The second-order valence-corrected chi connectivity index (χ2v) is 4.40. The molecule has 0 aromatic rings. The monoisotopic (exact) mass is 182 g/mol. The molecule has 1 fully saturated rings. The Hall–Kier alpha value is -0.340. The Labute approximate surface area is 82.0 Å². The van der Waals surface area contributed by atoms with Crippen LogP contribution in [0.15, 0.2) is 12.7 Å². The van der Waals surface area contributed by atoms with E-state index in [0.717, 1.165) is 13.1 Å². The molecule has 1 rings (SSSR count). The van der Waals surface area contributed by atoms with Crippen molar-refractivity contribution in [3.63, 3.8) is 0 Å². The number of hydrogen-bond donors (Lipinski definition) is 1. The molecule has 0 aliphatic carbocycles. The summed E-state index contributed by atoms with van der Waals surface area (Å²) in [6.45, 7) is 12.8. The molecule has 1 heterocycles. The Morgan fingerprint density at radius 1 is 1.54 bits per heavy atom. The van der Waals surface area contributed by atoms with Crippen LogP contribution >= 0.6 is 0 Å². The van der Waals surface area contributed by atoms with E-state index in [0.29, 0.717) is 5.54 Å². The summed E-state index contributed by atoms with van der Waals surface area (Å²) < 4.78 is 0. The van der Waals surface area contributed by atoms with Gasteiger partial charge in [-0.3, -0.25) is 4.90 Å². The van der Waals surface area contributed by atoms with Crippen molar-refractivity contribution in [1.29, 1.82) is 0 Å². The van der Waals surface area contributed by atoms with Crippen LogP contribution in [0.2, 0.25) is 0 Å². The molecule has 13 heavy (non-hydrogen) atoms. The number of rotatable bonds is 5. The summed E-state index contributed by atoms with van der Waals surface area (Å²) in [4.78, 5) is 2.57. The van der Waals surface area contributed by atoms with Crippen LogP contribution in [-0.2, 0) is 0 Å². The van der Waals surface area contributed by atoms with Gasteiger partial charge in [0, 0.05) is 25.2 Å². The average Bonchev–Trinajstić information content (AvgIpc) is 2.40. The molecule has 0 atom stereocenters. The molecule has 1 N–H and O–H groups in total. The Kier molecular flexibility index (Phi) is 3.94. The van der Waals surface area contributed by atoms with Crippen LogP contribution in [0.3, 0.4) is 0 Å². The van der Waals surface area contributed by atoms with Crippen molar-refractivity contribution in [2.45, 2.75) is 32.2 Å². The maximum atomic E-state index is 3.68. The molecular weight excluding hydrogens is 160 g/mol. The third-order valence-corrected chi connectivity index (χ3v) is 2.92. The largest absolute Gasteiger partial charge is 0.312 e. The third-order valence-electron chi connectivity index (χ3n) is 2.92. The lowest BCUT2D eigenvalue weighted by Crippen LogP contribution is -2.42. The van der Waals surface area contributed by atoms with E-state index >= 15 is 0 Å². The van der Waals surface area contributed by atoms with E-state index in [1.807, 2.05) is 6.08 Å². The fourth-order valence-electron chi connectivity index (χ4n) is 2.00. The molecule has 0 aromatic heterocycles. The van der Waals surface area contributed by atoms with E-state index in [1.165, 1.54) is 25.9 Å². The Morgan fingerprint density at radius 2 is 2.31 bits per heavy atom. The number of likely N-dealkylation sites (tertiary alicyclic amines) is 1. The number of nitrogens with one attached hydrogen (secondary N) is 1.